The van der Waals surface area contributed by atoms with Gasteiger partial charge >= 0.3 is 0 Å². The summed E-state index contributed by atoms with van der Waals surface area (Å²) in [5.41, 5.74) is 1.03. The minimum absolute atomic E-state index is 0.301. The van der Waals surface area contributed by atoms with Gasteiger partial charge in [-0.05, 0) is 38.2 Å². The van der Waals surface area contributed by atoms with E-state index in [-0.39, 0.29) is 5.56 Å². The molecule has 102 valence electrons. The summed E-state index contributed by atoms with van der Waals surface area (Å²) < 4.78 is 26.2. The zero-order valence-corrected chi connectivity index (χ0v) is 10.6. The van der Waals surface area contributed by atoms with Gasteiger partial charge in [0.05, 0.1) is 5.56 Å². The van der Waals surface area contributed by atoms with Crippen molar-refractivity contribution in [3.05, 3.63) is 41.2 Å². The molecular formula is C14H16F2N2O. The maximum atomic E-state index is 13.3. The number of aromatic nitrogens is 1. The van der Waals surface area contributed by atoms with Crippen molar-refractivity contribution in [3.63, 3.8) is 0 Å². The van der Waals surface area contributed by atoms with Crippen LogP contribution in [0, 0.1) is 11.8 Å². The number of amides is 1. The zero-order chi connectivity index (χ0) is 13.7. The molecule has 3 nitrogen and oxygen atoms in total. The molecule has 1 amide bonds. The van der Waals surface area contributed by atoms with E-state index >= 15 is 0 Å². The molecule has 5 heteroatoms. The molecule has 0 unspecified atom stereocenters. The fourth-order valence-corrected chi connectivity index (χ4v) is 2.16. The summed E-state index contributed by atoms with van der Waals surface area (Å²) in [6.07, 6.45) is 8.60. The average molecular weight is 266 g/mol. The van der Waals surface area contributed by atoms with Crippen LogP contribution in [-0.2, 0) is 0 Å². The van der Waals surface area contributed by atoms with Crippen LogP contribution >= 0.6 is 0 Å². The number of pyridine rings is 1. The van der Waals surface area contributed by atoms with Crippen molar-refractivity contribution in [2.75, 3.05) is 6.54 Å². The molecule has 0 saturated carbocycles. The van der Waals surface area contributed by atoms with Gasteiger partial charge in [-0.15, -0.1) is 0 Å². The Bertz CT molecular complexity index is 500. The molecule has 1 aliphatic rings. The normalized spacial score (nSPS) is 14.9. The molecule has 1 aromatic heterocycles. The Morgan fingerprint density at radius 2 is 2.21 bits per heavy atom. The topological polar surface area (TPSA) is 42.0 Å². The summed E-state index contributed by atoms with van der Waals surface area (Å²) in [4.78, 5) is 14.8. The quantitative estimate of drug-likeness (QED) is 0.672. The molecule has 1 N–H and O–H groups in total. The summed E-state index contributed by atoms with van der Waals surface area (Å²) in [5, 5.41) is 2.60. The van der Waals surface area contributed by atoms with E-state index in [2.05, 4.69) is 16.4 Å². The van der Waals surface area contributed by atoms with E-state index in [0.717, 1.165) is 25.5 Å². The third-order valence-electron chi connectivity index (χ3n) is 3.21. The number of carbonyl (C=O) groups is 1. The summed E-state index contributed by atoms with van der Waals surface area (Å²) >= 11 is 0. The highest BCUT2D eigenvalue weighted by Crippen LogP contribution is 2.19. The second-order valence-corrected chi connectivity index (χ2v) is 4.58. The van der Waals surface area contributed by atoms with Crippen LogP contribution in [0.5, 0.6) is 0 Å². The number of hydrogen-bond acceptors (Lipinski definition) is 2. The maximum absolute atomic E-state index is 13.3. The largest absolute Gasteiger partial charge is 0.352 e. The Morgan fingerprint density at radius 3 is 2.95 bits per heavy atom. The summed E-state index contributed by atoms with van der Waals surface area (Å²) in [6.45, 7) is 0.439. The van der Waals surface area contributed by atoms with Gasteiger partial charge in [-0.2, -0.15) is 4.39 Å². The molecule has 0 bridgehead atoms. The minimum Gasteiger partial charge on any atom is -0.352 e. The van der Waals surface area contributed by atoms with Crippen LogP contribution in [0.2, 0.25) is 0 Å². The molecule has 0 radical (unpaired) electrons. The minimum atomic E-state index is -1.25. The molecule has 1 aromatic rings. The molecule has 0 saturated heterocycles. The molecule has 0 aliphatic heterocycles. The van der Waals surface area contributed by atoms with Gasteiger partial charge in [0.15, 0.2) is 5.82 Å². The Labute approximate surface area is 110 Å². The molecule has 19 heavy (non-hydrogen) atoms. The van der Waals surface area contributed by atoms with Crippen molar-refractivity contribution in [3.8, 4) is 0 Å². The lowest BCUT2D eigenvalue weighted by atomic mass is 9.97. The Morgan fingerprint density at radius 1 is 1.37 bits per heavy atom. The van der Waals surface area contributed by atoms with Crippen LogP contribution in [-0.4, -0.2) is 17.4 Å². The van der Waals surface area contributed by atoms with Crippen LogP contribution in [0.3, 0.4) is 0 Å². The monoisotopic (exact) mass is 266 g/mol. The zero-order valence-electron chi connectivity index (χ0n) is 10.6. The highest BCUT2D eigenvalue weighted by atomic mass is 19.2. The smallest absolute Gasteiger partial charge is 0.254 e. The predicted molar refractivity (Wildman–Crippen MR) is 67.7 cm³/mol. The number of rotatable bonds is 4. The van der Waals surface area contributed by atoms with Crippen LogP contribution in [0.4, 0.5) is 8.78 Å². The third-order valence-corrected chi connectivity index (χ3v) is 3.21. The molecular weight excluding hydrogens is 250 g/mol. The molecule has 0 fully saturated rings. The maximum Gasteiger partial charge on any atom is 0.254 e. The summed E-state index contributed by atoms with van der Waals surface area (Å²) in [7, 11) is 0. The number of hydrogen-bond donors (Lipinski definition) is 1. The number of allylic oxidation sites excluding steroid dienone is 1. The molecule has 1 heterocycles. The van der Waals surface area contributed by atoms with Gasteiger partial charge in [0, 0.05) is 12.7 Å². The first-order valence-electron chi connectivity index (χ1n) is 6.44. The Balaban J connectivity index is 1.87. The number of carbonyl (C=O) groups excluding carboxylic acids is 1. The first-order chi connectivity index (χ1) is 9.18. The summed E-state index contributed by atoms with van der Waals surface area (Å²) in [5.74, 6) is -3.05. The summed E-state index contributed by atoms with van der Waals surface area (Å²) in [6, 6.07) is 1.17. The molecule has 0 spiro atoms. The SMILES string of the molecule is O=C(NCCC1=CCCCC1)c1ccnc(F)c1F. The lowest BCUT2D eigenvalue weighted by Crippen LogP contribution is -2.26. The van der Waals surface area contributed by atoms with Crippen molar-refractivity contribution >= 4 is 5.91 Å². The number of nitrogens with one attached hydrogen (secondary N) is 1. The lowest BCUT2D eigenvalue weighted by Gasteiger charge is -2.13. The van der Waals surface area contributed by atoms with Crippen LogP contribution < -0.4 is 5.32 Å². The number of halogens is 2. The van der Waals surface area contributed by atoms with E-state index in [1.165, 1.54) is 24.5 Å². The van der Waals surface area contributed by atoms with Gasteiger partial charge in [0.2, 0.25) is 5.95 Å². The van der Waals surface area contributed by atoms with Gasteiger partial charge in [0.1, 0.15) is 0 Å². The van der Waals surface area contributed by atoms with Crippen molar-refractivity contribution in [1.82, 2.24) is 10.3 Å². The van der Waals surface area contributed by atoms with Crippen molar-refractivity contribution < 1.29 is 13.6 Å². The molecule has 2 rings (SSSR count). The van der Waals surface area contributed by atoms with Gasteiger partial charge < -0.3 is 5.32 Å². The lowest BCUT2D eigenvalue weighted by molar-refractivity contribution is 0.0948. The number of nitrogens with zero attached hydrogens (tertiary/aromatic N) is 1. The molecule has 0 atom stereocenters. The fourth-order valence-electron chi connectivity index (χ4n) is 2.16. The van der Waals surface area contributed by atoms with E-state index in [9.17, 15) is 13.6 Å². The van der Waals surface area contributed by atoms with Gasteiger partial charge in [0.25, 0.3) is 5.91 Å². The van der Waals surface area contributed by atoms with Gasteiger partial charge in [-0.25, -0.2) is 9.37 Å². The first kappa shape index (κ1) is 13.6. The van der Waals surface area contributed by atoms with Gasteiger partial charge in [-0.3, -0.25) is 4.79 Å². The van der Waals surface area contributed by atoms with Crippen molar-refractivity contribution in [2.45, 2.75) is 32.1 Å². The van der Waals surface area contributed by atoms with E-state index < -0.39 is 17.7 Å². The van der Waals surface area contributed by atoms with Gasteiger partial charge in [-0.1, -0.05) is 11.6 Å². The average Bonchev–Trinajstić information content (AvgIpc) is 2.43. The van der Waals surface area contributed by atoms with E-state index in [1.807, 2.05) is 0 Å². The first-order valence-corrected chi connectivity index (χ1v) is 6.44. The van der Waals surface area contributed by atoms with E-state index in [1.54, 1.807) is 0 Å². The highest BCUT2D eigenvalue weighted by Gasteiger charge is 2.15. The molecule has 1 aliphatic carbocycles. The Kier molecular flexibility index (Phi) is 4.60. The van der Waals surface area contributed by atoms with E-state index in [0.29, 0.717) is 6.54 Å². The van der Waals surface area contributed by atoms with Crippen LogP contribution in [0.25, 0.3) is 0 Å². The van der Waals surface area contributed by atoms with Crippen LogP contribution in [0.15, 0.2) is 23.9 Å². The third kappa shape index (κ3) is 3.59. The molecule has 0 aromatic carbocycles. The van der Waals surface area contributed by atoms with E-state index in [4.69, 9.17) is 0 Å². The second-order valence-electron chi connectivity index (χ2n) is 4.58. The second kappa shape index (κ2) is 6.41. The Hall–Kier alpha value is -1.78. The predicted octanol–water partition coefficient (Wildman–Crippen LogP) is 2.98. The van der Waals surface area contributed by atoms with Crippen molar-refractivity contribution in [2.24, 2.45) is 0 Å². The van der Waals surface area contributed by atoms with Crippen molar-refractivity contribution in [1.29, 1.82) is 0 Å². The van der Waals surface area contributed by atoms with Crippen LogP contribution in [0.1, 0.15) is 42.5 Å². The standard InChI is InChI=1S/C14H16F2N2O/c15-12-11(7-9-17-13(12)16)14(19)18-8-6-10-4-2-1-3-5-10/h4,7,9H,1-3,5-6,8H2,(H,18,19). The highest BCUT2D eigenvalue weighted by molar-refractivity contribution is 5.94. The fraction of sp³-hybridized carbons (Fsp3) is 0.429.